The van der Waals surface area contributed by atoms with Gasteiger partial charge in [0.25, 0.3) is 5.91 Å². The third-order valence-corrected chi connectivity index (χ3v) is 1.87. The van der Waals surface area contributed by atoms with E-state index in [0.29, 0.717) is 5.69 Å². The maximum atomic E-state index is 11.4. The van der Waals surface area contributed by atoms with Crippen molar-refractivity contribution in [1.82, 2.24) is 10.3 Å². The van der Waals surface area contributed by atoms with Crippen molar-refractivity contribution in [2.75, 3.05) is 0 Å². The molecule has 1 aromatic rings. The van der Waals surface area contributed by atoms with Crippen LogP contribution in [0.5, 0.6) is 0 Å². The Morgan fingerprint density at radius 3 is 2.61 bits per heavy atom. The van der Waals surface area contributed by atoms with Gasteiger partial charge in [0.1, 0.15) is 11.3 Å². The van der Waals surface area contributed by atoms with Crippen molar-refractivity contribution < 1.29 is 14.3 Å². The number of primary amides is 1. The van der Waals surface area contributed by atoms with E-state index in [2.05, 4.69) is 10.3 Å². The molecule has 6 nitrogen and oxygen atoms in total. The van der Waals surface area contributed by atoms with E-state index in [0.717, 1.165) is 0 Å². The number of aromatic nitrogens is 1. The molecule has 0 unspecified atom stereocenters. The van der Waals surface area contributed by atoms with Gasteiger partial charge in [-0.25, -0.2) is 9.78 Å². The summed E-state index contributed by atoms with van der Waals surface area (Å²) in [4.78, 5) is 26.3. The predicted molar refractivity (Wildman–Crippen MR) is 65.8 cm³/mol. The average Bonchev–Trinajstić information content (AvgIpc) is 2.24. The largest absolute Gasteiger partial charge is 0.444 e. The van der Waals surface area contributed by atoms with Gasteiger partial charge in [0.15, 0.2) is 0 Å². The molecular formula is C12H17N3O3. The molecule has 1 aromatic heterocycles. The van der Waals surface area contributed by atoms with Crippen LogP contribution in [0.3, 0.4) is 0 Å². The molecule has 3 N–H and O–H groups in total. The fraction of sp³-hybridized carbons (Fsp3) is 0.417. The van der Waals surface area contributed by atoms with Crippen molar-refractivity contribution in [3.63, 3.8) is 0 Å². The molecule has 0 aliphatic heterocycles. The van der Waals surface area contributed by atoms with Crippen LogP contribution in [-0.4, -0.2) is 22.6 Å². The smallest absolute Gasteiger partial charge is 0.407 e. The van der Waals surface area contributed by atoms with E-state index in [1.54, 1.807) is 32.9 Å². The van der Waals surface area contributed by atoms with Crippen LogP contribution in [0.1, 0.15) is 37.0 Å². The van der Waals surface area contributed by atoms with Crippen molar-refractivity contribution in [2.24, 2.45) is 5.73 Å². The number of ether oxygens (including phenoxy) is 1. The number of alkyl carbamates (subject to hydrolysis) is 1. The lowest BCUT2D eigenvalue weighted by atomic mass is 10.2. The number of nitrogens with one attached hydrogen (secondary N) is 1. The highest BCUT2D eigenvalue weighted by Gasteiger charge is 2.15. The molecule has 0 saturated carbocycles. The van der Waals surface area contributed by atoms with Gasteiger partial charge in [0.2, 0.25) is 0 Å². The summed E-state index contributed by atoms with van der Waals surface area (Å²) in [6, 6.07) is 4.85. The Hall–Kier alpha value is -2.11. The van der Waals surface area contributed by atoms with Gasteiger partial charge < -0.3 is 15.8 Å². The van der Waals surface area contributed by atoms with Gasteiger partial charge in [0, 0.05) is 0 Å². The summed E-state index contributed by atoms with van der Waals surface area (Å²) in [5.41, 5.74) is 5.26. The Morgan fingerprint density at radius 2 is 2.06 bits per heavy atom. The number of carbonyl (C=O) groups excluding carboxylic acids is 2. The minimum Gasteiger partial charge on any atom is -0.444 e. The normalized spacial score (nSPS) is 10.8. The van der Waals surface area contributed by atoms with Crippen molar-refractivity contribution in [3.05, 3.63) is 29.6 Å². The van der Waals surface area contributed by atoms with Crippen LogP contribution < -0.4 is 11.1 Å². The zero-order chi connectivity index (χ0) is 13.8. The molecule has 0 saturated heterocycles. The molecule has 2 amide bonds. The number of hydrogen-bond acceptors (Lipinski definition) is 4. The van der Waals surface area contributed by atoms with Crippen LogP contribution in [-0.2, 0) is 11.3 Å². The third-order valence-electron chi connectivity index (χ3n) is 1.87. The quantitative estimate of drug-likeness (QED) is 0.844. The number of carbonyl (C=O) groups is 2. The van der Waals surface area contributed by atoms with Gasteiger partial charge in [-0.3, -0.25) is 4.79 Å². The van der Waals surface area contributed by atoms with Gasteiger partial charge in [-0.1, -0.05) is 6.07 Å². The second kappa shape index (κ2) is 5.48. The zero-order valence-corrected chi connectivity index (χ0v) is 10.7. The van der Waals surface area contributed by atoms with Gasteiger partial charge in [-0.15, -0.1) is 0 Å². The molecule has 0 spiro atoms. The summed E-state index contributed by atoms with van der Waals surface area (Å²) in [6.07, 6.45) is -0.534. The number of hydrogen-bond donors (Lipinski definition) is 2. The van der Waals surface area contributed by atoms with Gasteiger partial charge in [0.05, 0.1) is 12.2 Å². The third kappa shape index (κ3) is 4.82. The Balaban J connectivity index is 2.56. The standard InChI is InChI=1S/C12H17N3O3/c1-12(2,3)18-11(17)14-7-8-5-4-6-9(15-8)10(13)16/h4-6H,7H2,1-3H3,(H2,13,16)(H,14,17). The lowest BCUT2D eigenvalue weighted by molar-refractivity contribution is 0.0523. The monoisotopic (exact) mass is 251 g/mol. The van der Waals surface area contributed by atoms with E-state index in [1.807, 2.05) is 0 Å². The number of rotatable bonds is 3. The molecule has 0 aliphatic rings. The lowest BCUT2D eigenvalue weighted by Gasteiger charge is -2.19. The minimum absolute atomic E-state index is 0.165. The molecule has 0 fully saturated rings. The molecule has 0 atom stereocenters. The van der Waals surface area contributed by atoms with Crippen LogP contribution in [0.2, 0.25) is 0 Å². The maximum Gasteiger partial charge on any atom is 0.407 e. The molecule has 6 heteroatoms. The number of nitrogens with zero attached hydrogens (tertiary/aromatic N) is 1. The van der Waals surface area contributed by atoms with Crippen LogP contribution >= 0.6 is 0 Å². The second-order valence-corrected chi connectivity index (χ2v) is 4.73. The highest BCUT2D eigenvalue weighted by molar-refractivity contribution is 5.90. The zero-order valence-electron chi connectivity index (χ0n) is 10.7. The SMILES string of the molecule is CC(C)(C)OC(=O)NCc1cccc(C(N)=O)n1. The summed E-state index contributed by atoms with van der Waals surface area (Å²) in [5, 5.41) is 2.55. The summed E-state index contributed by atoms with van der Waals surface area (Å²) >= 11 is 0. The Morgan fingerprint density at radius 1 is 1.39 bits per heavy atom. The predicted octanol–water partition coefficient (Wildman–Crippen LogP) is 1.21. The fourth-order valence-electron chi connectivity index (χ4n) is 1.19. The highest BCUT2D eigenvalue weighted by Crippen LogP contribution is 2.06. The van der Waals surface area contributed by atoms with E-state index in [-0.39, 0.29) is 12.2 Å². The first kappa shape index (κ1) is 14.0. The maximum absolute atomic E-state index is 11.4. The molecule has 98 valence electrons. The van der Waals surface area contributed by atoms with Crippen molar-refractivity contribution in [2.45, 2.75) is 32.9 Å². The van der Waals surface area contributed by atoms with E-state index in [4.69, 9.17) is 10.5 Å². The number of nitrogens with two attached hydrogens (primary N) is 1. The Bertz CT molecular complexity index is 452. The van der Waals surface area contributed by atoms with E-state index in [9.17, 15) is 9.59 Å². The molecule has 0 aliphatic carbocycles. The summed E-state index contributed by atoms with van der Waals surface area (Å²) < 4.78 is 5.07. The first-order chi connectivity index (χ1) is 8.28. The minimum atomic E-state index is -0.603. The first-order valence-corrected chi connectivity index (χ1v) is 5.50. The number of amides is 2. The van der Waals surface area contributed by atoms with Crippen LogP contribution in [0.25, 0.3) is 0 Å². The molecule has 1 rings (SSSR count). The Labute approximate surface area is 106 Å². The summed E-state index contributed by atoms with van der Waals surface area (Å²) in [5.74, 6) is -0.603. The van der Waals surface area contributed by atoms with E-state index >= 15 is 0 Å². The van der Waals surface area contributed by atoms with E-state index in [1.165, 1.54) is 6.07 Å². The fourth-order valence-corrected chi connectivity index (χ4v) is 1.19. The summed E-state index contributed by atoms with van der Waals surface area (Å²) in [7, 11) is 0. The van der Waals surface area contributed by atoms with Gasteiger partial charge in [-0.05, 0) is 32.9 Å². The molecule has 18 heavy (non-hydrogen) atoms. The highest BCUT2D eigenvalue weighted by atomic mass is 16.6. The Kier molecular flexibility index (Phi) is 4.25. The number of pyridine rings is 1. The topological polar surface area (TPSA) is 94.3 Å². The van der Waals surface area contributed by atoms with Crippen molar-refractivity contribution in [1.29, 1.82) is 0 Å². The summed E-state index contributed by atoms with van der Waals surface area (Å²) in [6.45, 7) is 5.51. The average molecular weight is 251 g/mol. The lowest BCUT2D eigenvalue weighted by Crippen LogP contribution is -2.32. The molecule has 1 heterocycles. The van der Waals surface area contributed by atoms with Crippen molar-refractivity contribution >= 4 is 12.0 Å². The van der Waals surface area contributed by atoms with Crippen LogP contribution in [0, 0.1) is 0 Å². The molecule has 0 radical (unpaired) electrons. The van der Waals surface area contributed by atoms with Crippen LogP contribution in [0.4, 0.5) is 4.79 Å². The van der Waals surface area contributed by atoms with Gasteiger partial charge >= 0.3 is 6.09 Å². The van der Waals surface area contributed by atoms with Gasteiger partial charge in [-0.2, -0.15) is 0 Å². The van der Waals surface area contributed by atoms with Crippen LogP contribution in [0.15, 0.2) is 18.2 Å². The first-order valence-electron chi connectivity index (χ1n) is 5.50. The molecule has 0 aromatic carbocycles. The molecule has 0 bridgehead atoms. The van der Waals surface area contributed by atoms with Crippen molar-refractivity contribution in [3.8, 4) is 0 Å². The van der Waals surface area contributed by atoms with E-state index < -0.39 is 17.6 Å². The molecular weight excluding hydrogens is 234 g/mol. The second-order valence-electron chi connectivity index (χ2n) is 4.73.